The summed E-state index contributed by atoms with van der Waals surface area (Å²) in [7, 11) is 2.17. The number of rotatable bonds is 2. The zero-order chi connectivity index (χ0) is 18.4. The lowest BCUT2D eigenvalue weighted by molar-refractivity contribution is 0.312. The van der Waals surface area contributed by atoms with Crippen molar-refractivity contribution in [1.82, 2.24) is 19.9 Å². The summed E-state index contributed by atoms with van der Waals surface area (Å²) < 4.78 is 0. The molecule has 2 aromatic carbocycles. The summed E-state index contributed by atoms with van der Waals surface area (Å²) in [6.45, 7) is 6.17. The van der Waals surface area contributed by atoms with E-state index in [-0.39, 0.29) is 0 Å². The van der Waals surface area contributed by atoms with E-state index < -0.39 is 0 Å². The summed E-state index contributed by atoms with van der Waals surface area (Å²) in [5, 5.41) is 1.14. The third-order valence-corrected chi connectivity index (χ3v) is 5.49. The van der Waals surface area contributed by atoms with Gasteiger partial charge in [0.25, 0.3) is 0 Å². The van der Waals surface area contributed by atoms with Crippen LogP contribution in [0.25, 0.3) is 33.3 Å². The number of para-hydroxylation sites is 2. The second-order valence-electron chi connectivity index (χ2n) is 7.40. The molecule has 1 N–H and O–H groups in total. The highest BCUT2D eigenvalue weighted by atomic mass is 15.3. The van der Waals surface area contributed by atoms with E-state index in [9.17, 15) is 0 Å². The molecule has 1 aliphatic rings. The van der Waals surface area contributed by atoms with E-state index in [1.807, 2.05) is 6.07 Å². The van der Waals surface area contributed by atoms with Crippen molar-refractivity contribution in [3.8, 4) is 11.4 Å². The van der Waals surface area contributed by atoms with E-state index in [1.165, 1.54) is 5.56 Å². The molecule has 0 unspecified atom stereocenters. The molecule has 1 fully saturated rings. The molecule has 5 heteroatoms. The number of nitrogens with zero attached hydrogens (tertiary/aromatic N) is 4. The number of aryl methyl sites for hydroxylation is 1. The van der Waals surface area contributed by atoms with Crippen LogP contribution in [0.2, 0.25) is 0 Å². The Labute approximate surface area is 158 Å². The van der Waals surface area contributed by atoms with Crippen LogP contribution in [-0.4, -0.2) is 53.1 Å². The Bertz CT molecular complexity index is 1120. The molecule has 0 aliphatic carbocycles. The van der Waals surface area contributed by atoms with Gasteiger partial charge in [-0.05, 0) is 37.7 Å². The number of H-pyrrole nitrogens is 1. The maximum atomic E-state index is 5.04. The highest BCUT2D eigenvalue weighted by Gasteiger charge is 2.21. The Hall–Kier alpha value is -2.92. The van der Waals surface area contributed by atoms with Crippen molar-refractivity contribution in [2.75, 3.05) is 38.1 Å². The molecular formula is C22H23N5. The van der Waals surface area contributed by atoms with Crippen LogP contribution in [0.3, 0.4) is 0 Å². The fourth-order valence-electron chi connectivity index (χ4n) is 3.84. The monoisotopic (exact) mass is 357 g/mol. The van der Waals surface area contributed by atoms with Gasteiger partial charge in [-0.1, -0.05) is 30.3 Å². The van der Waals surface area contributed by atoms with E-state index in [0.717, 1.165) is 65.3 Å². The number of anilines is 1. The second-order valence-corrected chi connectivity index (χ2v) is 7.40. The van der Waals surface area contributed by atoms with Gasteiger partial charge in [-0.2, -0.15) is 0 Å². The first-order chi connectivity index (χ1) is 13.2. The standard InChI is InChI=1S/C22H23N5/c1-15-6-5-9-19-20(15)25-21(23-19)17-14-16-7-3-4-8-18(16)24-22(17)27-12-10-26(2)11-13-27/h3-9,14H,10-13H2,1-2H3,(H,23,25). The minimum atomic E-state index is 0.895. The Kier molecular flexibility index (Phi) is 3.83. The molecule has 4 aromatic rings. The molecular weight excluding hydrogens is 334 g/mol. The number of pyridine rings is 1. The lowest BCUT2D eigenvalue weighted by Gasteiger charge is -2.34. The van der Waals surface area contributed by atoms with Crippen molar-refractivity contribution in [2.24, 2.45) is 0 Å². The van der Waals surface area contributed by atoms with Crippen molar-refractivity contribution in [3.63, 3.8) is 0 Å². The zero-order valence-electron chi connectivity index (χ0n) is 15.7. The number of benzene rings is 2. The normalized spacial score (nSPS) is 15.7. The topological polar surface area (TPSA) is 48.1 Å². The van der Waals surface area contributed by atoms with E-state index in [4.69, 9.17) is 9.97 Å². The third-order valence-electron chi connectivity index (χ3n) is 5.49. The lowest BCUT2D eigenvalue weighted by Crippen LogP contribution is -2.45. The summed E-state index contributed by atoms with van der Waals surface area (Å²) in [6.07, 6.45) is 0. The molecule has 0 bridgehead atoms. The summed E-state index contributed by atoms with van der Waals surface area (Å²) in [6, 6.07) is 16.8. The van der Waals surface area contributed by atoms with Crippen molar-refractivity contribution in [1.29, 1.82) is 0 Å². The molecule has 0 atom stereocenters. The minimum Gasteiger partial charge on any atom is -0.353 e. The van der Waals surface area contributed by atoms with Gasteiger partial charge in [0, 0.05) is 31.6 Å². The van der Waals surface area contributed by atoms with E-state index >= 15 is 0 Å². The molecule has 27 heavy (non-hydrogen) atoms. The Balaban J connectivity index is 1.71. The van der Waals surface area contributed by atoms with Crippen LogP contribution >= 0.6 is 0 Å². The molecule has 3 heterocycles. The maximum absolute atomic E-state index is 5.04. The molecule has 2 aromatic heterocycles. The first-order valence-electron chi connectivity index (χ1n) is 9.48. The SMILES string of the molecule is Cc1cccc2nc(-c3cc4ccccc4nc3N3CCN(C)CC3)[nH]c12. The Morgan fingerprint density at radius 3 is 2.48 bits per heavy atom. The quantitative estimate of drug-likeness (QED) is 0.592. The van der Waals surface area contributed by atoms with Crippen molar-refractivity contribution in [2.45, 2.75) is 6.92 Å². The lowest BCUT2D eigenvalue weighted by atomic mass is 10.1. The number of piperazine rings is 1. The van der Waals surface area contributed by atoms with Gasteiger partial charge >= 0.3 is 0 Å². The number of imidazole rings is 1. The first-order valence-corrected chi connectivity index (χ1v) is 9.48. The maximum Gasteiger partial charge on any atom is 0.142 e. The summed E-state index contributed by atoms with van der Waals surface area (Å²) in [5.74, 6) is 1.92. The van der Waals surface area contributed by atoms with Gasteiger partial charge in [-0.25, -0.2) is 9.97 Å². The van der Waals surface area contributed by atoms with Crippen LogP contribution < -0.4 is 4.90 Å². The number of nitrogens with one attached hydrogen (secondary N) is 1. The molecule has 0 spiro atoms. The first kappa shape index (κ1) is 16.3. The number of likely N-dealkylation sites (N-methyl/N-ethyl adjacent to an activating group) is 1. The highest BCUT2D eigenvalue weighted by molar-refractivity contribution is 5.90. The summed E-state index contributed by atoms with van der Waals surface area (Å²) in [4.78, 5) is 18.2. The third kappa shape index (κ3) is 2.84. The minimum absolute atomic E-state index is 0.895. The van der Waals surface area contributed by atoms with Gasteiger partial charge in [0.2, 0.25) is 0 Å². The van der Waals surface area contributed by atoms with E-state index in [0.29, 0.717) is 0 Å². The van der Waals surface area contributed by atoms with Crippen molar-refractivity contribution in [3.05, 3.63) is 54.1 Å². The average Bonchev–Trinajstić information content (AvgIpc) is 3.13. The smallest absolute Gasteiger partial charge is 0.142 e. The molecule has 136 valence electrons. The van der Waals surface area contributed by atoms with Gasteiger partial charge in [0.1, 0.15) is 11.6 Å². The van der Waals surface area contributed by atoms with Crippen LogP contribution in [0, 0.1) is 6.92 Å². The predicted octanol–water partition coefficient (Wildman–Crippen LogP) is 3.84. The Morgan fingerprint density at radius 1 is 0.889 bits per heavy atom. The van der Waals surface area contributed by atoms with Crippen molar-refractivity contribution < 1.29 is 0 Å². The van der Waals surface area contributed by atoms with Crippen LogP contribution in [0.5, 0.6) is 0 Å². The van der Waals surface area contributed by atoms with E-state index in [2.05, 4.69) is 71.2 Å². The fraction of sp³-hybridized carbons (Fsp3) is 0.273. The molecule has 0 amide bonds. The number of fused-ring (bicyclic) bond motifs is 2. The molecule has 1 saturated heterocycles. The van der Waals surface area contributed by atoms with Gasteiger partial charge in [-0.3, -0.25) is 0 Å². The van der Waals surface area contributed by atoms with Crippen LogP contribution in [0.15, 0.2) is 48.5 Å². The van der Waals surface area contributed by atoms with Crippen LogP contribution in [0.4, 0.5) is 5.82 Å². The van der Waals surface area contributed by atoms with Crippen LogP contribution in [-0.2, 0) is 0 Å². The number of hydrogen-bond donors (Lipinski definition) is 1. The number of hydrogen-bond acceptors (Lipinski definition) is 4. The largest absolute Gasteiger partial charge is 0.353 e. The molecule has 1 aliphatic heterocycles. The summed E-state index contributed by atoms with van der Waals surface area (Å²) in [5.41, 5.74) is 5.42. The van der Waals surface area contributed by atoms with Gasteiger partial charge < -0.3 is 14.8 Å². The Morgan fingerprint density at radius 2 is 1.67 bits per heavy atom. The van der Waals surface area contributed by atoms with Gasteiger partial charge in [0.05, 0.1) is 22.1 Å². The highest BCUT2D eigenvalue weighted by Crippen LogP contribution is 2.33. The predicted molar refractivity (Wildman–Crippen MR) is 111 cm³/mol. The molecule has 0 radical (unpaired) electrons. The fourth-order valence-corrected chi connectivity index (χ4v) is 3.84. The molecule has 5 nitrogen and oxygen atoms in total. The van der Waals surface area contributed by atoms with Crippen molar-refractivity contribution >= 4 is 27.8 Å². The number of aromatic nitrogens is 3. The average molecular weight is 357 g/mol. The summed E-state index contributed by atoms with van der Waals surface area (Å²) >= 11 is 0. The number of aromatic amines is 1. The van der Waals surface area contributed by atoms with E-state index in [1.54, 1.807) is 0 Å². The second kappa shape index (κ2) is 6.35. The van der Waals surface area contributed by atoms with Gasteiger partial charge in [-0.15, -0.1) is 0 Å². The molecule has 5 rings (SSSR count). The zero-order valence-corrected chi connectivity index (χ0v) is 15.7. The molecule has 0 saturated carbocycles. The van der Waals surface area contributed by atoms with Crippen LogP contribution in [0.1, 0.15) is 5.56 Å². The van der Waals surface area contributed by atoms with Gasteiger partial charge in [0.15, 0.2) is 0 Å².